The van der Waals surface area contributed by atoms with Crippen molar-refractivity contribution in [2.75, 3.05) is 5.32 Å². The van der Waals surface area contributed by atoms with Gasteiger partial charge in [-0.05, 0) is 38.3 Å². The van der Waals surface area contributed by atoms with Crippen molar-refractivity contribution in [3.05, 3.63) is 107 Å². The van der Waals surface area contributed by atoms with Gasteiger partial charge in [0.05, 0.1) is 12.6 Å². The summed E-state index contributed by atoms with van der Waals surface area (Å²) >= 11 is 0. The standard InChI is InChI=1S/C31H38N2O/c1-5-28(31(34)32-30-24(3)12-11-13-25(30)4)33(22-26-19-17-23(2)18-20-26)21-10-9-16-29(33)27-14-7-6-8-15-27/h6-8,11-15,17-21,28-29H,5,9-10,16,22H2,1-4H3,(H,32,34). The molecule has 1 aliphatic rings. The minimum Gasteiger partial charge on any atom is -0.434 e. The number of rotatable bonds is 7. The molecule has 3 aromatic rings. The Morgan fingerprint density at radius 2 is 1.65 bits per heavy atom. The molecule has 0 radical (unpaired) electrons. The molecule has 4 rings (SSSR count). The molecule has 178 valence electrons. The van der Waals surface area contributed by atoms with E-state index in [-0.39, 0.29) is 18.0 Å². The molecule has 34 heavy (non-hydrogen) atoms. The van der Waals surface area contributed by atoms with E-state index in [1.807, 2.05) is 6.07 Å². The van der Waals surface area contributed by atoms with E-state index in [0.29, 0.717) is 4.48 Å². The van der Waals surface area contributed by atoms with Crippen molar-refractivity contribution in [1.82, 2.24) is 0 Å². The highest BCUT2D eigenvalue weighted by molar-refractivity contribution is 5.95. The maximum absolute atomic E-state index is 14.0. The number of hydrogen-bond donors (Lipinski definition) is 1. The molecule has 0 aliphatic carbocycles. The summed E-state index contributed by atoms with van der Waals surface area (Å²) in [6, 6.07) is 25.9. The first-order chi connectivity index (χ1) is 16.4. The number of amides is 1. The molecule has 3 heteroatoms. The normalized spacial score (nSPS) is 21.1. The lowest BCUT2D eigenvalue weighted by Crippen LogP contribution is -2.60. The van der Waals surface area contributed by atoms with Gasteiger partial charge in [-0.1, -0.05) is 91.7 Å². The van der Waals surface area contributed by atoms with Crippen LogP contribution in [-0.2, 0) is 11.3 Å². The van der Waals surface area contributed by atoms with E-state index in [1.54, 1.807) is 0 Å². The molecule has 1 fully saturated rings. The van der Waals surface area contributed by atoms with E-state index in [2.05, 4.69) is 106 Å². The van der Waals surface area contributed by atoms with Crippen LogP contribution in [0.25, 0.3) is 0 Å². The fourth-order valence-corrected chi connectivity index (χ4v) is 5.73. The summed E-state index contributed by atoms with van der Waals surface area (Å²) < 4.78 is 0.667. The molecule has 1 amide bonds. The zero-order valence-electron chi connectivity index (χ0n) is 21.1. The number of nitrogens with zero attached hydrogens (tertiary/aromatic N) is 1. The Morgan fingerprint density at radius 3 is 2.29 bits per heavy atom. The van der Waals surface area contributed by atoms with Crippen LogP contribution in [0.5, 0.6) is 0 Å². The Morgan fingerprint density at radius 1 is 0.971 bits per heavy atom. The molecule has 3 nitrogen and oxygen atoms in total. The number of quaternary nitrogens is 1. The minimum atomic E-state index is -0.175. The molecule has 0 bridgehead atoms. The summed E-state index contributed by atoms with van der Waals surface area (Å²) in [6.07, 6.45) is 4.05. The van der Waals surface area contributed by atoms with E-state index < -0.39 is 0 Å². The number of piperidine rings is 1. The summed E-state index contributed by atoms with van der Waals surface area (Å²) in [7, 11) is 0. The quantitative estimate of drug-likeness (QED) is 0.292. The minimum absolute atomic E-state index is 0.117. The second kappa shape index (κ2) is 10.6. The average molecular weight is 455 g/mol. The summed E-state index contributed by atoms with van der Waals surface area (Å²) in [5, 5.41) is 3.34. The van der Waals surface area contributed by atoms with E-state index in [0.717, 1.165) is 49.0 Å². The SMILES string of the molecule is CCC(C(=O)Nc1c(C)cccc1C)[N+]1(Cc2ccc(C)cc2)[CH-]CCCC1c1ccccc1. The topological polar surface area (TPSA) is 29.1 Å². The van der Waals surface area contributed by atoms with Gasteiger partial charge >= 0.3 is 0 Å². The van der Waals surface area contributed by atoms with Gasteiger partial charge in [-0.2, -0.15) is 0 Å². The molecule has 3 unspecified atom stereocenters. The van der Waals surface area contributed by atoms with Gasteiger partial charge in [0.15, 0.2) is 0 Å². The number of nitrogens with one attached hydrogen (secondary N) is 1. The molecule has 1 aliphatic heterocycles. The van der Waals surface area contributed by atoms with Crippen LogP contribution in [0.15, 0.2) is 72.8 Å². The van der Waals surface area contributed by atoms with Crippen molar-refractivity contribution in [3.63, 3.8) is 0 Å². The first kappa shape index (κ1) is 24.2. The molecule has 0 saturated carbocycles. The Bertz CT molecular complexity index is 1090. The number of carbonyl (C=O) groups is 1. The Labute approximate surface area is 205 Å². The largest absolute Gasteiger partial charge is 0.434 e. The van der Waals surface area contributed by atoms with E-state index in [1.165, 1.54) is 16.7 Å². The van der Waals surface area contributed by atoms with Crippen molar-refractivity contribution in [1.29, 1.82) is 0 Å². The zero-order valence-corrected chi connectivity index (χ0v) is 21.1. The molecule has 1 N–H and O–H groups in total. The average Bonchev–Trinajstić information content (AvgIpc) is 2.84. The monoisotopic (exact) mass is 454 g/mol. The lowest BCUT2D eigenvalue weighted by molar-refractivity contribution is -0.961. The third kappa shape index (κ3) is 4.95. The maximum Gasteiger partial charge on any atom is 0.280 e. The molecular weight excluding hydrogens is 416 g/mol. The summed E-state index contributed by atoms with van der Waals surface area (Å²) in [5.41, 5.74) is 7.03. The number of para-hydroxylation sites is 1. The number of hydrogen-bond acceptors (Lipinski definition) is 1. The maximum atomic E-state index is 14.0. The van der Waals surface area contributed by atoms with Gasteiger partial charge in [-0.3, -0.25) is 4.79 Å². The summed E-state index contributed by atoms with van der Waals surface area (Å²) in [5.74, 6) is 0.117. The van der Waals surface area contributed by atoms with Gasteiger partial charge in [0.1, 0.15) is 6.04 Å². The molecular formula is C31H38N2O. The van der Waals surface area contributed by atoms with E-state index in [9.17, 15) is 4.79 Å². The molecule has 1 saturated heterocycles. The van der Waals surface area contributed by atoms with Crippen molar-refractivity contribution in [2.24, 2.45) is 0 Å². The number of aryl methyl sites for hydroxylation is 3. The molecule has 3 aromatic carbocycles. The highest BCUT2D eigenvalue weighted by atomic mass is 16.2. The van der Waals surface area contributed by atoms with Crippen LogP contribution in [0, 0.1) is 27.3 Å². The van der Waals surface area contributed by atoms with Crippen LogP contribution >= 0.6 is 0 Å². The smallest absolute Gasteiger partial charge is 0.280 e. The number of anilines is 1. The van der Waals surface area contributed by atoms with Crippen molar-refractivity contribution < 1.29 is 9.28 Å². The molecule has 0 aromatic heterocycles. The first-order valence-corrected chi connectivity index (χ1v) is 12.6. The predicted molar refractivity (Wildman–Crippen MR) is 141 cm³/mol. The highest BCUT2D eigenvalue weighted by Crippen LogP contribution is 2.45. The van der Waals surface area contributed by atoms with Crippen LogP contribution in [0.3, 0.4) is 0 Å². The van der Waals surface area contributed by atoms with Gasteiger partial charge in [0.2, 0.25) is 0 Å². The number of likely N-dealkylation sites (tertiary alicyclic amines) is 1. The Hall–Kier alpha value is -2.91. The summed E-state index contributed by atoms with van der Waals surface area (Å²) in [6.45, 7) is 11.7. The van der Waals surface area contributed by atoms with Crippen molar-refractivity contribution in [2.45, 2.75) is 72.0 Å². The van der Waals surface area contributed by atoms with Gasteiger partial charge in [-0.25, -0.2) is 0 Å². The van der Waals surface area contributed by atoms with E-state index >= 15 is 0 Å². The fraction of sp³-hybridized carbons (Fsp3) is 0.355. The van der Waals surface area contributed by atoms with Gasteiger partial charge in [0.25, 0.3) is 5.91 Å². The van der Waals surface area contributed by atoms with Crippen LogP contribution in [0.4, 0.5) is 5.69 Å². The van der Waals surface area contributed by atoms with E-state index in [4.69, 9.17) is 0 Å². The third-order valence-corrected chi connectivity index (χ3v) is 7.49. The second-order valence-electron chi connectivity index (χ2n) is 9.86. The van der Waals surface area contributed by atoms with Crippen LogP contribution in [0.2, 0.25) is 0 Å². The Kier molecular flexibility index (Phi) is 7.53. The van der Waals surface area contributed by atoms with Gasteiger partial charge < -0.3 is 9.80 Å². The predicted octanol–water partition coefficient (Wildman–Crippen LogP) is 7.43. The van der Waals surface area contributed by atoms with Gasteiger partial charge in [-0.15, -0.1) is 13.0 Å². The van der Waals surface area contributed by atoms with Crippen LogP contribution < -0.4 is 5.32 Å². The van der Waals surface area contributed by atoms with Crippen LogP contribution in [-0.4, -0.2) is 16.4 Å². The van der Waals surface area contributed by atoms with Crippen molar-refractivity contribution in [3.8, 4) is 0 Å². The zero-order chi connectivity index (χ0) is 24.1. The molecule has 0 spiro atoms. The summed E-state index contributed by atoms with van der Waals surface area (Å²) in [4.78, 5) is 14.0. The lowest BCUT2D eigenvalue weighted by Gasteiger charge is -2.59. The number of carbonyl (C=O) groups excluding carboxylic acids is 1. The first-order valence-electron chi connectivity index (χ1n) is 12.6. The Balaban J connectivity index is 1.78. The second-order valence-corrected chi connectivity index (χ2v) is 9.86. The molecule has 3 atom stereocenters. The van der Waals surface area contributed by atoms with Gasteiger partial charge in [0, 0.05) is 23.2 Å². The number of benzene rings is 3. The highest BCUT2D eigenvalue weighted by Gasteiger charge is 2.43. The molecule has 1 heterocycles. The third-order valence-electron chi connectivity index (χ3n) is 7.49. The van der Waals surface area contributed by atoms with Crippen molar-refractivity contribution >= 4 is 11.6 Å². The lowest BCUT2D eigenvalue weighted by atomic mass is 9.87. The van der Waals surface area contributed by atoms with Crippen LogP contribution in [0.1, 0.15) is 66.5 Å². The fourth-order valence-electron chi connectivity index (χ4n) is 5.73.